The van der Waals surface area contributed by atoms with Crippen LogP contribution in [0, 0.1) is 11.8 Å². The first-order valence-electron chi connectivity index (χ1n) is 34.2. The third-order valence-electron chi connectivity index (χ3n) is 14.0. The molecule has 0 radical (unpaired) electrons. The molecule has 6 aromatic rings. The molecule has 6 rings (SSSR count). The lowest BCUT2D eigenvalue weighted by Gasteiger charge is -2.25. The van der Waals surface area contributed by atoms with Gasteiger partial charge in [0.1, 0.15) is 43.1 Å². The number of Topliss-reactive ketones (excluding diaryl/α,β-unsaturated/α-hetero) is 2. The number of aliphatic carboxylic acids is 1. The van der Waals surface area contributed by atoms with Gasteiger partial charge in [-0.1, -0.05) is 244 Å². The third-order valence-corrected chi connectivity index (χ3v) is 18.3. The number of amides is 2. The van der Waals surface area contributed by atoms with E-state index in [1.54, 1.807) is 76.8 Å². The van der Waals surface area contributed by atoms with Gasteiger partial charge in [-0.3, -0.25) is 28.7 Å². The smallest absolute Gasteiger partial charge is 0.408 e. The van der Waals surface area contributed by atoms with Crippen molar-refractivity contribution in [3.63, 3.8) is 0 Å². The molecule has 564 valence electrons. The van der Waals surface area contributed by atoms with Crippen LogP contribution in [0.5, 0.6) is 0 Å². The molecule has 2 amide bonds. The topological polar surface area (TPSA) is 279 Å². The lowest BCUT2D eigenvalue weighted by Crippen LogP contribution is -2.45. The Morgan fingerprint density at radius 3 is 0.951 bits per heavy atom. The van der Waals surface area contributed by atoms with Crippen molar-refractivity contribution in [2.75, 3.05) is 17.3 Å². The summed E-state index contributed by atoms with van der Waals surface area (Å²) in [5.41, 5.74) is 16.1. The van der Waals surface area contributed by atoms with Crippen molar-refractivity contribution < 1.29 is 71.9 Å². The molecule has 18 nitrogen and oxygen atoms in total. The Morgan fingerprint density at radius 1 is 0.369 bits per heavy atom. The van der Waals surface area contributed by atoms with Crippen LogP contribution in [-0.4, -0.2) is 120 Å². The first-order chi connectivity index (χ1) is 47.7. The van der Waals surface area contributed by atoms with Crippen LogP contribution >= 0.6 is 35.3 Å². The second-order valence-electron chi connectivity index (χ2n) is 29.3. The van der Waals surface area contributed by atoms with Crippen LogP contribution in [0.15, 0.2) is 182 Å². The molecular weight excluding hydrogens is 1370 g/mol. The van der Waals surface area contributed by atoms with Crippen molar-refractivity contribution in [1.82, 2.24) is 10.6 Å². The highest BCUT2D eigenvalue weighted by Crippen LogP contribution is 2.30. The Balaban J connectivity index is 0.000000484. The number of ether oxygens (including phenoxy) is 5. The van der Waals surface area contributed by atoms with E-state index in [1.165, 1.54) is 0 Å². The Kier molecular flexibility index (Phi) is 40.6. The number of benzene rings is 6. The van der Waals surface area contributed by atoms with Gasteiger partial charge in [-0.2, -0.15) is 35.3 Å². The maximum absolute atomic E-state index is 13.5. The first-order valence-corrected chi connectivity index (χ1v) is 37.1. The minimum Gasteiger partial charge on any atom is -0.480 e. The summed E-state index contributed by atoms with van der Waals surface area (Å²) in [6, 6.07) is 53.8. The van der Waals surface area contributed by atoms with Crippen LogP contribution < -0.4 is 22.1 Å². The molecule has 0 heterocycles. The molecule has 0 saturated carbocycles. The minimum atomic E-state index is -1.09. The highest BCUT2D eigenvalue weighted by molar-refractivity contribution is 8.01. The van der Waals surface area contributed by atoms with E-state index in [0.717, 1.165) is 33.4 Å². The number of thioether (sulfide) groups is 3. The van der Waals surface area contributed by atoms with Gasteiger partial charge in [0, 0.05) is 50.8 Å². The standard InChI is InChI=1S/C29H39NO5S.C24H31NO3S.C14H19NO4.C14H21NO2S.FH/c1-28(2,3)35-27(33)30-24(17-21-13-9-7-10-14-21)25(31)18-23(20-36-29(4,5)6)26(32)34-19-22-15-11-8-12-16-22;1-24(2,3)29-17-20(23(27)28-16-19-12-8-5-9-13-19)15-22(26)21(25)14-18-10-6-4-7-11-18;1-14(2,3)19-13(18)15-11(12(16)17)9-10-7-5-4-6-8-10;1-14(2,3)18-10-12(15)13(16)17-9-11-7-5-4-6-8-11;/h7-16,23-24H,17-20H2,1-6H3,(H,30,33);4-13,20-21H,14-17,25H2,1-3H3;4-8,11H,9H2,1-3H3,(H,15,18)(H,16,17);4-8,12H,9-10,15H2,1-3H3;1H/t23-,24-;20-,21-;11-;12-;/m0000./s1. The predicted molar refractivity (Wildman–Crippen MR) is 414 cm³/mol. The zero-order chi connectivity index (χ0) is 76.1. The number of nitrogens with two attached hydrogens (primary N) is 2. The number of carbonyl (C=O) groups is 8. The number of nitrogens with one attached hydrogen (secondary N) is 2. The molecule has 0 spiro atoms. The Bertz CT molecular complexity index is 3460. The summed E-state index contributed by atoms with van der Waals surface area (Å²) in [5.74, 6) is -2.12. The number of rotatable bonds is 30. The molecule has 0 bridgehead atoms. The number of carbonyl (C=O) groups excluding carboxylic acids is 7. The van der Waals surface area contributed by atoms with Gasteiger partial charge in [0.05, 0.1) is 23.9 Å². The van der Waals surface area contributed by atoms with Crippen LogP contribution in [0.2, 0.25) is 0 Å². The van der Waals surface area contributed by atoms with Crippen molar-refractivity contribution in [3.05, 3.63) is 215 Å². The van der Waals surface area contributed by atoms with Gasteiger partial charge in [-0.05, 0) is 87.8 Å². The highest BCUT2D eigenvalue weighted by Gasteiger charge is 2.33. The van der Waals surface area contributed by atoms with E-state index in [2.05, 4.69) is 72.9 Å². The molecule has 0 aromatic heterocycles. The van der Waals surface area contributed by atoms with E-state index in [0.29, 0.717) is 30.1 Å². The molecule has 0 aliphatic carbocycles. The average molecular weight is 1480 g/mol. The fraction of sp³-hybridized carbons (Fsp3) is 0.457. The second-order valence-corrected chi connectivity index (χ2v) is 34.8. The quantitative estimate of drug-likeness (QED) is 0.0207. The summed E-state index contributed by atoms with van der Waals surface area (Å²) < 4.78 is 26.7. The number of esters is 3. The Morgan fingerprint density at radius 2 is 0.641 bits per heavy atom. The summed E-state index contributed by atoms with van der Waals surface area (Å²) in [7, 11) is 0. The Labute approximate surface area is 623 Å². The summed E-state index contributed by atoms with van der Waals surface area (Å²) in [6.07, 6.45) is -0.334. The zero-order valence-electron chi connectivity index (χ0n) is 62.6. The fourth-order valence-corrected chi connectivity index (χ4v) is 11.6. The van der Waals surface area contributed by atoms with E-state index >= 15 is 0 Å². The first kappa shape index (κ1) is 91.1. The highest BCUT2D eigenvalue weighted by atomic mass is 32.2. The number of carboxylic acids is 1. The molecule has 7 N–H and O–H groups in total. The predicted octanol–water partition coefficient (Wildman–Crippen LogP) is 15.3. The van der Waals surface area contributed by atoms with Gasteiger partial charge in [0.25, 0.3) is 0 Å². The number of carboxylic acid groups (broad SMARTS) is 1. The molecule has 6 aromatic carbocycles. The van der Waals surface area contributed by atoms with Crippen LogP contribution in [0.4, 0.5) is 14.3 Å². The van der Waals surface area contributed by atoms with Gasteiger partial charge in [-0.25, -0.2) is 14.4 Å². The van der Waals surface area contributed by atoms with E-state index in [1.807, 2.05) is 182 Å². The Hall–Kier alpha value is -8.02. The van der Waals surface area contributed by atoms with Gasteiger partial charge >= 0.3 is 36.1 Å². The van der Waals surface area contributed by atoms with Crippen LogP contribution in [0.25, 0.3) is 0 Å². The summed E-state index contributed by atoms with van der Waals surface area (Å²) in [6.45, 7) is 29.9. The number of ketones is 2. The summed E-state index contributed by atoms with van der Waals surface area (Å²) in [5, 5.41) is 14.2. The van der Waals surface area contributed by atoms with Crippen molar-refractivity contribution in [2.45, 2.75) is 205 Å². The summed E-state index contributed by atoms with van der Waals surface area (Å²) in [4.78, 5) is 98.9. The van der Waals surface area contributed by atoms with Gasteiger partial charge in [-0.15, -0.1) is 0 Å². The second kappa shape index (κ2) is 45.9. The third kappa shape index (κ3) is 43.6. The molecule has 22 heteroatoms. The minimum absolute atomic E-state index is 0. The lowest BCUT2D eigenvalue weighted by atomic mass is 9.95. The van der Waals surface area contributed by atoms with Gasteiger partial charge in [0.2, 0.25) is 0 Å². The fourth-order valence-electron chi connectivity index (χ4n) is 8.86. The molecule has 0 aliphatic rings. The summed E-state index contributed by atoms with van der Waals surface area (Å²) >= 11 is 4.93. The molecule has 0 fully saturated rings. The number of alkyl carbamates (subject to hydrolysis) is 2. The monoisotopic (exact) mass is 1480 g/mol. The largest absolute Gasteiger partial charge is 0.480 e. The number of hydrogen-bond donors (Lipinski definition) is 5. The average Bonchev–Trinajstić information content (AvgIpc) is 0.878. The zero-order valence-corrected chi connectivity index (χ0v) is 65.1. The molecule has 0 aliphatic heterocycles. The van der Waals surface area contributed by atoms with Crippen molar-refractivity contribution in [2.24, 2.45) is 23.3 Å². The number of hydrogen-bond acceptors (Lipinski definition) is 18. The van der Waals surface area contributed by atoms with Crippen LogP contribution in [-0.2, 0) is 91.5 Å². The number of halogens is 1. The van der Waals surface area contributed by atoms with Crippen molar-refractivity contribution in [1.29, 1.82) is 0 Å². The molecular formula is C81H111FN4O14S3. The van der Waals surface area contributed by atoms with E-state index in [9.17, 15) is 38.4 Å². The van der Waals surface area contributed by atoms with Crippen molar-refractivity contribution in [3.8, 4) is 0 Å². The normalized spacial score (nSPS) is 13.1. The van der Waals surface area contributed by atoms with Gasteiger partial charge in [0.15, 0.2) is 11.6 Å². The van der Waals surface area contributed by atoms with Crippen molar-refractivity contribution >= 4 is 82.9 Å². The molecule has 103 heavy (non-hydrogen) atoms. The molecule has 6 atom stereocenters. The van der Waals surface area contributed by atoms with E-state index in [-0.39, 0.29) is 81.5 Å². The molecule has 0 unspecified atom stereocenters. The van der Waals surface area contributed by atoms with Gasteiger partial charge < -0.3 is 50.9 Å². The lowest BCUT2D eigenvalue weighted by molar-refractivity contribution is -0.151. The van der Waals surface area contributed by atoms with Crippen LogP contribution in [0.3, 0.4) is 0 Å². The SMILES string of the molecule is CC(C)(C)OC(=O)N[C@@H](Cc1ccccc1)C(=O)C[C@@H](CSC(C)(C)C)C(=O)OCc1ccccc1.CC(C)(C)OC(=O)N[C@@H](Cc1ccccc1)C(=O)O.CC(C)(C)SC[C@H](CC(=O)[C@@H](N)Cc1ccccc1)C(=O)OCc1ccccc1.CC(C)(C)SC[C@H](N)C(=O)OCc1ccccc1.F. The molecule has 0 saturated heterocycles. The van der Waals surface area contributed by atoms with E-state index in [4.69, 9.17) is 40.3 Å². The van der Waals surface area contributed by atoms with E-state index < -0.39 is 71.3 Å². The maximum atomic E-state index is 13.5. The maximum Gasteiger partial charge on any atom is 0.408 e. The van der Waals surface area contributed by atoms with Crippen LogP contribution in [0.1, 0.15) is 150 Å².